The highest BCUT2D eigenvalue weighted by atomic mass is 16.5. The third-order valence-electron chi connectivity index (χ3n) is 4.75. The van der Waals surface area contributed by atoms with E-state index in [0.29, 0.717) is 24.4 Å². The van der Waals surface area contributed by atoms with Gasteiger partial charge in [-0.1, -0.05) is 49.4 Å². The van der Waals surface area contributed by atoms with Crippen LogP contribution in [0.2, 0.25) is 0 Å². The summed E-state index contributed by atoms with van der Waals surface area (Å²) in [6, 6.07) is 17.3. The molecule has 2 aromatic rings. The Hall–Kier alpha value is -3.08. The zero-order valence-corrected chi connectivity index (χ0v) is 17.5. The minimum absolute atomic E-state index is 0.0716. The summed E-state index contributed by atoms with van der Waals surface area (Å²) in [5, 5.41) is 0. The summed E-state index contributed by atoms with van der Waals surface area (Å²) in [6.07, 6.45) is 0.795. The van der Waals surface area contributed by atoms with E-state index in [0.717, 1.165) is 23.3 Å². The molecule has 1 heterocycles. The lowest BCUT2D eigenvalue weighted by Crippen LogP contribution is -2.34. The van der Waals surface area contributed by atoms with Crippen molar-refractivity contribution in [3.05, 3.63) is 71.4 Å². The third kappa shape index (κ3) is 4.50. The highest BCUT2D eigenvalue weighted by Crippen LogP contribution is 2.32. The Labute approximate surface area is 172 Å². The van der Waals surface area contributed by atoms with Crippen molar-refractivity contribution in [2.45, 2.75) is 39.8 Å². The van der Waals surface area contributed by atoms with Crippen LogP contribution in [0.25, 0.3) is 5.57 Å². The van der Waals surface area contributed by atoms with E-state index in [1.165, 1.54) is 4.90 Å². The summed E-state index contributed by atoms with van der Waals surface area (Å²) in [6.45, 7) is 6.86. The second-order valence-corrected chi connectivity index (χ2v) is 7.52. The van der Waals surface area contributed by atoms with Crippen LogP contribution in [0.5, 0.6) is 5.75 Å². The monoisotopic (exact) mass is 392 g/mol. The van der Waals surface area contributed by atoms with Gasteiger partial charge in [-0.2, -0.15) is 0 Å². The normalized spacial score (nSPS) is 14.2. The first-order valence-electron chi connectivity index (χ1n) is 10.0. The van der Waals surface area contributed by atoms with Gasteiger partial charge in [0, 0.05) is 20.1 Å². The molecule has 0 N–H and O–H groups in total. The van der Waals surface area contributed by atoms with Gasteiger partial charge < -0.3 is 9.64 Å². The van der Waals surface area contributed by atoms with Crippen molar-refractivity contribution in [2.24, 2.45) is 0 Å². The maximum absolute atomic E-state index is 13.1. The Morgan fingerprint density at radius 2 is 1.62 bits per heavy atom. The molecule has 0 atom stereocenters. The standard InChI is InChI=1S/C24H28N2O3/c1-5-15-26-23(27)21(19-11-13-20(14-12-19)29-17(2)3)22(24(26)28)25(4)16-18-9-7-6-8-10-18/h6-14,17H,5,15-16H2,1-4H3. The van der Waals surface area contributed by atoms with Gasteiger partial charge in [0.2, 0.25) is 0 Å². The first-order chi connectivity index (χ1) is 13.9. The topological polar surface area (TPSA) is 49.9 Å². The van der Waals surface area contributed by atoms with E-state index in [1.807, 2.05) is 87.3 Å². The highest BCUT2D eigenvalue weighted by Gasteiger charge is 2.40. The predicted molar refractivity (Wildman–Crippen MR) is 114 cm³/mol. The van der Waals surface area contributed by atoms with Crippen molar-refractivity contribution in [2.75, 3.05) is 13.6 Å². The van der Waals surface area contributed by atoms with Gasteiger partial charge in [0.1, 0.15) is 11.4 Å². The molecule has 0 aromatic heterocycles. The third-order valence-corrected chi connectivity index (χ3v) is 4.75. The van der Waals surface area contributed by atoms with Gasteiger partial charge in [-0.15, -0.1) is 0 Å². The first kappa shape index (κ1) is 20.6. The molecular weight excluding hydrogens is 364 g/mol. The Balaban J connectivity index is 1.99. The van der Waals surface area contributed by atoms with Gasteiger partial charge in [-0.25, -0.2) is 0 Å². The molecule has 0 bridgehead atoms. The molecule has 152 valence electrons. The van der Waals surface area contributed by atoms with E-state index < -0.39 is 0 Å². The van der Waals surface area contributed by atoms with Crippen molar-refractivity contribution in [1.29, 1.82) is 0 Å². The molecule has 2 aromatic carbocycles. The predicted octanol–water partition coefficient (Wildman–Crippen LogP) is 4.10. The van der Waals surface area contributed by atoms with Crippen LogP contribution in [0, 0.1) is 0 Å². The van der Waals surface area contributed by atoms with Crippen LogP contribution in [0.4, 0.5) is 0 Å². The molecular formula is C24H28N2O3. The molecule has 0 fully saturated rings. The molecule has 5 nitrogen and oxygen atoms in total. The maximum atomic E-state index is 13.1. The van der Waals surface area contributed by atoms with Crippen LogP contribution in [0.1, 0.15) is 38.3 Å². The number of likely N-dealkylation sites (N-methyl/N-ethyl adjacent to an activating group) is 1. The fourth-order valence-electron chi connectivity index (χ4n) is 3.51. The van der Waals surface area contributed by atoms with Crippen molar-refractivity contribution in [3.63, 3.8) is 0 Å². The van der Waals surface area contributed by atoms with Gasteiger partial charge in [0.15, 0.2) is 0 Å². The molecule has 0 saturated heterocycles. The Morgan fingerprint density at radius 3 is 2.21 bits per heavy atom. The molecule has 1 aliphatic rings. The summed E-state index contributed by atoms with van der Waals surface area (Å²) in [5.41, 5.74) is 2.72. The fraction of sp³-hybridized carbons (Fsp3) is 0.333. The smallest absolute Gasteiger partial charge is 0.277 e. The van der Waals surface area contributed by atoms with E-state index in [2.05, 4.69) is 0 Å². The van der Waals surface area contributed by atoms with Crippen LogP contribution in [0.15, 0.2) is 60.3 Å². The minimum atomic E-state index is -0.232. The lowest BCUT2D eigenvalue weighted by Gasteiger charge is -2.21. The Morgan fingerprint density at radius 1 is 0.966 bits per heavy atom. The molecule has 29 heavy (non-hydrogen) atoms. The summed E-state index contributed by atoms with van der Waals surface area (Å²) in [4.78, 5) is 29.5. The van der Waals surface area contributed by atoms with Crippen LogP contribution >= 0.6 is 0 Å². The zero-order valence-electron chi connectivity index (χ0n) is 17.5. The molecule has 0 unspecified atom stereocenters. The average molecular weight is 392 g/mol. The SMILES string of the molecule is CCCN1C(=O)C(c2ccc(OC(C)C)cc2)=C(N(C)Cc2ccccc2)C1=O. The van der Waals surface area contributed by atoms with Gasteiger partial charge in [0.05, 0.1) is 11.7 Å². The van der Waals surface area contributed by atoms with Gasteiger partial charge in [-0.05, 0) is 43.5 Å². The van der Waals surface area contributed by atoms with E-state index >= 15 is 0 Å². The largest absolute Gasteiger partial charge is 0.491 e. The lowest BCUT2D eigenvalue weighted by atomic mass is 10.0. The molecule has 0 aliphatic carbocycles. The Kier molecular flexibility index (Phi) is 6.37. The van der Waals surface area contributed by atoms with Gasteiger partial charge in [-0.3, -0.25) is 14.5 Å². The number of benzene rings is 2. The Bertz CT molecular complexity index is 901. The van der Waals surface area contributed by atoms with Crippen LogP contribution in [-0.4, -0.2) is 41.3 Å². The number of hydrogen-bond acceptors (Lipinski definition) is 4. The molecule has 5 heteroatoms. The molecule has 0 radical (unpaired) electrons. The number of imide groups is 1. The summed E-state index contributed by atoms with van der Waals surface area (Å²) in [7, 11) is 1.86. The minimum Gasteiger partial charge on any atom is -0.491 e. The van der Waals surface area contributed by atoms with E-state index in [9.17, 15) is 9.59 Å². The number of rotatable bonds is 8. The summed E-state index contributed by atoms with van der Waals surface area (Å²) in [5.74, 6) is 0.280. The number of carbonyl (C=O) groups is 2. The fourth-order valence-corrected chi connectivity index (χ4v) is 3.51. The van der Waals surface area contributed by atoms with Crippen molar-refractivity contribution < 1.29 is 14.3 Å². The number of ether oxygens (including phenoxy) is 1. The second kappa shape index (κ2) is 8.95. The van der Waals surface area contributed by atoms with Crippen LogP contribution in [0.3, 0.4) is 0 Å². The van der Waals surface area contributed by atoms with Gasteiger partial charge >= 0.3 is 0 Å². The molecule has 0 spiro atoms. The van der Waals surface area contributed by atoms with Gasteiger partial charge in [0.25, 0.3) is 11.8 Å². The number of amides is 2. The lowest BCUT2D eigenvalue weighted by molar-refractivity contribution is -0.137. The molecule has 2 amide bonds. The maximum Gasteiger partial charge on any atom is 0.277 e. The van der Waals surface area contributed by atoms with E-state index in [4.69, 9.17) is 4.74 Å². The first-order valence-corrected chi connectivity index (χ1v) is 10.0. The van der Waals surface area contributed by atoms with Crippen LogP contribution < -0.4 is 4.74 Å². The summed E-state index contributed by atoms with van der Waals surface area (Å²) >= 11 is 0. The summed E-state index contributed by atoms with van der Waals surface area (Å²) < 4.78 is 5.70. The van der Waals surface area contributed by atoms with E-state index in [1.54, 1.807) is 0 Å². The number of carbonyl (C=O) groups excluding carboxylic acids is 2. The molecule has 1 aliphatic heterocycles. The zero-order chi connectivity index (χ0) is 21.0. The highest BCUT2D eigenvalue weighted by molar-refractivity contribution is 6.35. The van der Waals surface area contributed by atoms with Crippen molar-refractivity contribution in [3.8, 4) is 5.75 Å². The van der Waals surface area contributed by atoms with Crippen LogP contribution in [-0.2, 0) is 16.1 Å². The van der Waals surface area contributed by atoms with E-state index in [-0.39, 0.29) is 17.9 Å². The molecule has 0 saturated carbocycles. The van der Waals surface area contributed by atoms with Crippen molar-refractivity contribution >= 4 is 17.4 Å². The number of nitrogens with zero attached hydrogens (tertiary/aromatic N) is 2. The number of hydrogen-bond donors (Lipinski definition) is 0. The second-order valence-electron chi connectivity index (χ2n) is 7.52. The molecule has 3 rings (SSSR count). The average Bonchev–Trinajstić information content (AvgIpc) is 2.94. The quantitative estimate of drug-likeness (QED) is 0.635. The van der Waals surface area contributed by atoms with Crippen molar-refractivity contribution in [1.82, 2.24) is 9.80 Å².